The second kappa shape index (κ2) is 8.22. The van der Waals surface area contributed by atoms with E-state index in [-0.39, 0.29) is 0 Å². The third-order valence-corrected chi connectivity index (χ3v) is 4.44. The van der Waals surface area contributed by atoms with Crippen LogP contribution in [-0.2, 0) is 10.8 Å². The minimum Gasteiger partial charge on any atom is -0.311 e. The van der Waals surface area contributed by atoms with E-state index in [2.05, 4.69) is 24.1 Å². The lowest BCUT2D eigenvalue weighted by atomic mass is 10.1. The summed E-state index contributed by atoms with van der Waals surface area (Å²) in [6.45, 7) is 8.11. The molecule has 102 valence electrons. The fraction of sp³-hybridized carbons (Fsp3) is 1.00. The summed E-state index contributed by atoms with van der Waals surface area (Å²) in [4.78, 5) is 2.54. The van der Waals surface area contributed by atoms with Gasteiger partial charge in [-0.2, -0.15) is 0 Å². The largest absolute Gasteiger partial charge is 0.311 e. The molecule has 1 rings (SSSR count). The maximum absolute atomic E-state index is 11.1. The quantitative estimate of drug-likeness (QED) is 0.787. The molecule has 0 aliphatic carbocycles. The van der Waals surface area contributed by atoms with E-state index in [0.29, 0.717) is 12.1 Å². The van der Waals surface area contributed by atoms with Crippen molar-refractivity contribution in [1.82, 2.24) is 10.2 Å². The lowest BCUT2D eigenvalue weighted by Crippen LogP contribution is -2.38. The van der Waals surface area contributed by atoms with Crippen molar-refractivity contribution < 1.29 is 4.21 Å². The van der Waals surface area contributed by atoms with Crippen LogP contribution in [0.5, 0.6) is 0 Å². The molecule has 17 heavy (non-hydrogen) atoms. The zero-order valence-electron chi connectivity index (χ0n) is 11.6. The molecule has 3 unspecified atom stereocenters. The van der Waals surface area contributed by atoms with Crippen molar-refractivity contribution in [3.05, 3.63) is 0 Å². The molecule has 1 fully saturated rings. The standard InChI is InChI=1S/C13H28N2OS/c1-4-15-9-5-6-13(7-10-15)14-12(2)8-11-17(3)16/h12-14H,4-11H2,1-3H3. The minimum atomic E-state index is -0.651. The topological polar surface area (TPSA) is 32.3 Å². The molecule has 0 radical (unpaired) electrons. The first-order valence-electron chi connectivity index (χ1n) is 6.90. The number of likely N-dealkylation sites (tertiary alicyclic amines) is 1. The first kappa shape index (κ1) is 15.1. The Balaban J connectivity index is 2.23. The van der Waals surface area contributed by atoms with Crippen LogP contribution in [0.3, 0.4) is 0 Å². The van der Waals surface area contributed by atoms with Crippen LogP contribution in [0.25, 0.3) is 0 Å². The molecule has 1 aliphatic heterocycles. The van der Waals surface area contributed by atoms with Crippen LogP contribution in [0.2, 0.25) is 0 Å². The fourth-order valence-corrected chi connectivity index (χ4v) is 3.15. The molecule has 0 aromatic heterocycles. The van der Waals surface area contributed by atoms with Crippen molar-refractivity contribution >= 4 is 10.8 Å². The molecule has 0 spiro atoms. The van der Waals surface area contributed by atoms with Crippen molar-refractivity contribution in [2.75, 3.05) is 31.6 Å². The zero-order chi connectivity index (χ0) is 12.7. The van der Waals surface area contributed by atoms with Crippen LogP contribution in [0.4, 0.5) is 0 Å². The van der Waals surface area contributed by atoms with Crippen molar-refractivity contribution in [2.24, 2.45) is 0 Å². The Morgan fingerprint density at radius 3 is 2.82 bits per heavy atom. The normalized spacial score (nSPS) is 26.4. The summed E-state index contributed by atoms with van der Waals surface area (Å²) in [7, 11) is -0.651. The summed E-state index contributed by atoms with van der Waals surface area (Å²) in [5.74, 6) is 0.821. The third-order valence-electron chi connectivity index (χ3n) is 3.63. The molecule has 3 atom stereocenters. The van der Waals surface area contributed by atoms with E-state index in [1.54, 1.807) is 6.26 Å². The van der Waals surface area contributed by atoms with Gasteiger partial charge in [-0.05, 0) is 52.2 Å². The van der Waals surface area contributed by atoms with Crippen LogP contribution in [0.1, 0.15) is 39.5 Å². The Labute approximate surface area is 109 Å². The lowest BCUT2D eigenvalue weighted by Gasteiger charge is -2.22. The molecular weight excluding hydrogens is 232 g/mol. The van der Waals surface area contributed by atoms with E-state index in [9.17, 15) is 4.21 Å². The van der Waals surface area contributed by atoms with Gasteiger partial charge >= 0.3 is 0 Å². The van der Waals surface area contributed by atoms with Gasteiger partial charge in [-0.25, -0.2) is 0 Å². The van der Waals surface area contributed by atoms with Gasteiger partial charge < -0.3 is 10.2 Å². The second-order valence-electron chi connectivity index (χ2n) is 5.20. The molecule has 4 heteroatoms. The van der Waals surface area contributed by atoms with E-state index >= 15 is 0 Å². The van der Waals surface area contributed by atoms with Gasteiger partial charge in [0.1, 0.15) is 0 Å². The fourth-order valence-electron chi connectivity index (χ4n) is 2.47. The Morgan fingerprint density at radius 1 is 1.41 bits per heavy atom. The summed E-state index contributed by atoms with van der Waals surface area (Å²) in [6.07, 6.45) is 6.66. The van der Waals surface area contributed by atoms with E-state index in [1.165, 1.54) is 38.9 Å². The van der Waals surface area contributed by atoms with Gasteiger partial charge in [0.25, 0.3) is 0 Å². The number of hydrogen-bond acceptors (Lipinski definition) is 3. The number of hydrogen-bond donors (Lipinski definition) is 1. The number of rotatable bonds is 6. The van der Waals surface area contributed by atoms with Gasteiger partial charge in [-0.3, -0.25) is 4.21 Å². The van der Waals surface area contributed by atoms with Crippen molar-refractivity contribution in [3.63, 3.8) is 0 Å². The minimum absolute atomic E-state index is 0.497. The summed E-state index contributed by atoms with van der Waals surface area (Å²) in [5.41, 5.74) is 0. The molecular formula is C13H28N2OS. The van der Waals surface area contributed by atoms with Crippen molar-refractivity contribution in [2.45, 2.75) is 51.6 Å². The van der Waals surface area contributed by atoms with E-state index < -0.39 is 10.8 Å². The van der Waals surface area contributed by atoms with E-state index in [1.807, 2.05) is 0 Å². The Bertz CT molecular complexity index is 235. The molecule has 1 saturated heterocycles. The second-order valence-corrected chi connectivity index (χ2v) is 6.75. The first-order valence-corrected chi connectivity index (χ1v) is 8.63. The van der Waals surface area contributed by atoms with Crippen LogP contribution in [0, 0.1) is 0 Å². The molecule has 1 aliphatic rings. The van der Waals surface area contributed by atoms with Crippen LogP contribution in [-0.4, -0.2) is 52.8 Å². The summed E-state index contributed by atoms with van der Waals surface area (Å²) in [6, 6.07) is 1.16. The number of nitrogens with one attached hydrogen (secondary N) is 1. The summed E-state index contributed by atoms with van der Waals surface area (Å²) in [5, 5.41) is 3.70. The molecule has 0 bridgehead atoms. The van der Waals surface area contributed by atoms with Gasteiger partial charge in [0, 0.05) is 34.9 Å². The molecule has 1 heterocycles. The third kappa shape index (κ3) is 6.53. The molecule has 3 nitrogen and oxygen atoms in total. The predicted molar refractivity (Wildman–Crippen MR) is 75.9 cm³/mol. The highest BCUT2D eigenvalue weighted by Crippen LogP contribution is 2.12. The van der Waals surface area contributed by atoms with Gasteiger partial charge in [0.15, 0.2) is 0 Å². The molecule has 0 aromatic carbocycles. The van der Waals surface area contributed by atoms with Crippen molar-refractivity contribution in [3.8, 4) is 0 Å². The maximum Gasteiger partial charge on any atom is 0.0246 e. The smallest absolute Gasteiger partial charge is 0.0246 e. The van der Waals surface area contributed by atoms with Gasteiger partial charge in [-0.15, -0.1) is 0 Å². The van der Waals surface area contributed by atoms with E-state index in [4.69, 9.17) is 0 Å². The highest BCUT2D eigenvalue weighted by molar-refractivity contribution is 7.84. The SMILES string of the molecule is CCN1CCCC(NC(C)CCS(C)=O)CC1. The Morgan fingerprint density at radius 2 is 2.18 bits per heavy atom. The average molecular weight is 260 g/mol. The highest BCUT2D eigenvalue weighted by Gasteiger charge is 2.17. The monoisotopic (exact) mass is 260 g/mol. The zero-order valence-corrected chi connectivity index (χ0v) is 12.4. The summed E-state index contributed by atoms with van der Waals surface area (Å²) >= 11 is 0. The van der Waals surface area contributed by atoms with Crippen LogP contribution < -0.4 is 5.32 Å². The van der Waals surface area contributed by atoms with Gasteiger partial charge in [-0.1, -0.05) is 6.92 Å². The molecule has 0 aromatic rings. The van der Waals surface area contributed by atoms with Gasteiger partial charge in [0.05, 0.1) is 0 Å². The van der Waals surface area contributed by atoms with Crippen LogP contribution in [0.15, 0.2) is 0 Å². The summed E-state index contributed by atoms with van der Waals surface area (Å²) < 4.78 is 11.1. The molecule has 0 amide bonds. The van der Waals surface area contributed by atoms with Crippen LogP contribution >= 0.6 is 0 Å². The highest BCUT2D eigenvalue weighted by atomic mass is 32.2. The van der Waals surface area contributed by atoms with E-state index in [0.717, 1.165) is 12.2 Å². The Hall–Kier alpha value is 0.0700. The molecule has 1 N–H and O–H groups in total. The van der Waals surface area contributed by atoms with Gasteiger partial charge in [0.2, 0.25) is 0 Å². The predicted octanol–water partition coefficient (Wildman–Crippen LogP) is 1.61. The first-order chi connectivity index (χ1) is 8.11. The number of nitrogens with zero attached hydrogens (tertiary/aromatic N) is 1. The average Bonchev–Trinajstić information content (AvgIpc) is 2.51. The molecule has 0 saturated carbocycles. The lowest BCUT2D eigenvalue weighted by molar-refractivity contribution is 0.295. The Kier molecular flexibility index (Phi) is 7.32. The van der Waals surface area contributed by atoms with Crippen molar-refractivity contribution in [1.29, 1.82) is 0 Å². The maximum atomic E-state index is 11.1.